The molecule has 1 heterocycles. The van der Waals surface area contributed by atoms with E-state index in [0.29, 0.717) is 9.09 Å². The lowest BCUT2D eigenvalue weighted by molar-refractivity contribution is 0.0707. The maximum Gasteiger partial charge on any atom is 0.276 e. The van der Waals surface area contributed by atoms with Crippen LogP contribution in [0, 0.1) is 15.2 Å². The van der Waals surface area contributed by atoms with E-state index in [1.54, 1.807) is 13.1 Å². The van der Waals surface area contributed by atoms with Gasteiger partial charge in [-0.1, -0.05) is 0 Å². The number of rotatable bonds is 3. The molecule has 0 saturated heterocycles. The number of carbonyl (C=O) groups is 1. The zero-order chi connectivity index (χ0) is 17.4. The molecular weight excluding hydrogens is 433 g/mol. The number of anilines is 2. The number of fused-ring (bicyclic) bond motifs is 1. The third-order valence-corrected chi connectivity index (χ3v) is 4.17. The molecular formula is C15H11F2IN4O2. The Labute approximate surface area is 148 Å². The average molecular weight is 444 g/mol. The predicted octanol–water partition coefficient (Wildman–Crippen LogP) is 3.32. The molecule has 0 aliphatic carbocycles. The van der Waals surface area contributed by atoms with Crippen molar-refractivity contribution in [2.75, 3.05) is 5.32 Å². The van der Waals surface area contributed by atoms with Gasteiger partial charge in [0.1, 0.15) is 11.3 Å². The smallest absolute Gasteiger partial charge is 0.276 e. The molecule has 9 heteroatoms. The fourth-order valence-electron chi connectivity index (χ4n) is 2.31. The largest absolute Gasteiger partial charge is 0.350 e. The van der Waals surface area contributed by atoms with Crippen molar-refractivity contribution in [3.8, 4) is 0 Å². The van der Waals surface area contributed by atoms with Crippen molar-refractivity contribution < 1.29 is 18.8 Å². The molecule has 1 aromatic heterocycles. The lowest BCUT2D eigenvalue weighted by atomic mass is 10.1. The third kappa shape index (κ3) is 2.80. The van der Waals surface area contributed by atoms with Crippen molar-refractivity contribution in [1.82, 2.24) is 15.0 Å². The Hall–Kier alpha value is -2.27. The van der Waals surface area contributed by atoms with Gasteiger partial charge in [-0.3, -0.25) is 10.0 Å². The zero-order valence-electron chi connectivity index (χ0n) is 12.3. The van der Waals surface area contributed by atoms with Crippen LogP contribution in [0.5, 0.6) is 0 Å². The van der Waals surface area contributed by atoms with Crippen LogP contribution in [0.15, 0.2) is 30.6 Å². The lowest BCUT2D eigenvalue weighted by Gasteiger charge is -2.14. The maximum absolute atomic E-state index is 14.8. The molecule has 1 amide bonds. The fraction of sp³-hybridized carbons (Fsp3) is 0.0667. The molecule has 124 valence electrons. The van der Waals surface area contributed by atoms with Crippen LogP contribution >= 0.6 is 22.6 Å². The molecule has 0 saturated carbocycles. The first-order chi connectivity index (χ1) is 11.4. The number of imidazole rings is 1. The summed E-state index contributed by atoms with van der Waals surface area (Å²) in [4.78, 5) is 15.8. The Kier molecular flexibility index (Phi) is 4.37. The Morgan fingerprint density at radius 1 is 1.33 bits per heavy atom. The molecule has 0 atom stereocenters. The van der Waals surface area contributed by atoms with Crippen molar-refractivity contribution in [3.05, 3.63) is 51.4 Å². The van der Waals surface area contributed by atoms with Crippen LogP contribution in [0.1, 0.15) is 10.4 Å². The molecule has 3 rings (SSSR count). The van der Waals surface area contributed by atoms with Gasteiger partial charge < -0.3 is 9.88 Å². The first-order valence-corrected chi connectivity index (χ1v) is 7.80. The van der Waals surface area contributed by atoms with E-state index < -0.39 is 17.5 Å². The first kappa shape index (κ1) is 16.6. The highest BCUT2D eigenvalue weighted by atomic mass is 127. The van der Waals surface area contributed by atoms with Crippen LogP contribution in [-0.4, -0.2) is 20.7 Å². The van der Waals surface area contributed by atoms with Crippen LogP contribution in [-0.2, 0) is 7.05 Å². The number of aryl methyl sites for hydroxylation is 1. The van der Waals surface area contributed by atoms with Crippen molar-refractivity contribution in [2.24, 2.45) is 7.05 Å². The van der Waals surface area contributed by atoms with Crippen molar-refractivity contribution in [3.63, 3.8) is 0 Å². The van der Waals surface area contributed by atoms with Gasteiger partial charge in [0.05, 0.1) is 28.8 Å². The summed E-state index contributed by atoms with van der Waals surface area (Å²) in [5.41, 5.74) is 1.40. The molecule has 24 heavy (non-hydrogen) atoms. The Morgan fingerprint density at radius 2 is 2.08 bits per heavy atom. The maximum atomic E-state index is 14.8. The minimum absolute atomic E-state index is 0.00316. The van der Waals surface area contributed by atoms with E-state index in [4.69, 9.17) is 5.21 Å². The van der Waals surface area contributed by atoms with Crippen LogP contribution in [0.3, 0.4) is 0 Å². The van der Waals surface area contributed by atoms with Gasteiger partial charge in [0, 0.05) is 10.6 Å². The minimum Gasteiger partial charge on any atom is -0.350 e. The SMILES string of the molecule is Cn1cnc2c(F)c(Nc3ccc(I)cc3F)c(C(=O)NO)cc21. The summed E-state index contributed by atoms with van der Waals surface area (Å²) in [7, 11) is 1.64. The van der Waals surface area contributed by atoms with Crippen molar-refractivity contribution in [1.29, 1.82) is 0 Å². The van der Waals surface area contributed by atoms with Crippen molar-refractivity contribution >= 4 is 50.9 Å². The molecule has 2 aromatic carbocycles. The molecule has 3 aromatic rings. The summed E-state index contributed by atoms with van der Waals surface area (Å²) in [6.07, 6.45) is 1.39. The van der Waals surface area contributed by atoms with Gasteiger partial charge in [0.25, 0.3) is 5.91 Å². The normalized spacial score (nSPS) is 10.9. The van der Waals surface area contributed by atoms with Crippen LogP contribution in [0.25, 0.3) is 11.0 Å². The number of benzene rings is 2. The van der Waals surface area contributed by atoms with Gasteiger partial charge >= 0.3 is 0 Å². The second-order valence-electron chi connectivity index (χ2n) is 5.03. The molecule has 0 radical (unpaired) electrons. The van der Waals surface area contributed by atoms with Gasteiger partial charge in [-0.05, 0) is 46.9 Å². The number of carbonyl (C=O) groups excluding carboxylic acids is 1. The van der Waals surface area contributed by atoms with Crippen LogP contribution < -0.4 is 10.8 Å². The number of amides is 1. The van der Waals surface area contributed by atoms with E-state index in [9.17, 15) is 13.6 Å². The molecule has 3 N–H and O–H groups in total. The van der Waals surface area contributed by atoms with Crippen LogP contribution in [0.2, 0.25) is 0 Å². The van der Waals surface area contributed by atoms with E-state index in [1.165, 1.54) is 34.6 Å². The molecule has 0 bridgehead atoms. The predicted molar refractivity (Wildman–Crippen MR) is 92.3 cm³/mol. The van der Waals surface area contributed by atoms with Gasteiger partial charge in [0.15, 0.2) is 5.82 Å². The third-order valence-electron chi connectivity index (χ3n) is 3.50. The Balaban J connectivity index is 2.21. The molecule has 0 aliphatic rings. The molecule has 6 nitrogen and oxygen atoms in total. The van der Waals surface area contributed by atoms with Crippen molar-refractivity contribution in [2.45, 2.75) is 0 Å². The highest BCUT2D eigenvalue weighted by Crippen LogP contribution is 2.31. The Morgan fingerprint density at radius 3 is 2.75 bits per heavy atom. The quantitative estimate of drug-likeness (QED) is 0.329. The lowest BCUT2D eigenvalue weighted by Crippen LogP contribution is -2.20. The van der Waals surface area contributed by atoms with Gasteiger partial charge in [-0.15, -0.1) is 0 Å². The summed E-state index contributed by atoms with van der Waals surface area (Å²) in [6.45, 7) is 0. The molecule has 0 spiro atoms. The summed E-state index contributed by atoms with van der Waals surface area (Å²) in [6, 6.07) is 5.70. The summed E-state index contributed by atoms with van der Waals surface area (Å²) in [5, 5.41) is 11.5. The monoisotopic (exact) mass is 444 g/mol. The number of hydrogen-bond acceptors (Lipinski definition) is 4. The van der Waals surface area contributed by atoms with E-state index in [-0.39, 0.29) is 22.5 Å². The number of nitrogens with one attached hydrogen (secondary N) is 2. The second-order valence-corrected chi connectivity index (χ2v) is 6.27. The topological polar surface area (TPSA) is 79.2 Å². The minimum atomic E-state index is -0.926. The van der Waals surface area contributed by atoms with Crippen LogP contribution in [0.4, 0.5) is 20.2 Å². The van der Waals surface area contributed by atoms with E-state index in [1.807, 2.05) is 22.6 Å². The first-order valence-electron chi connectivity index (χ1n) is 6.72. The van der Waals surface area contributed by atoms with E-state index >= 15 is 0 Å². The second kappa shape index (κ2) is 6.32. The molecule has 0 fully saturated rings. The summed E-state index contributed by atoms with van der Waals surface area (Å²) in [5.74, 6) is -2.34. The number of halogens is 3. The van der Waals surface area contributed by atoms with E-state index in [0.717, 1.165) is 0 Å². The van der Waals surface area contributed by atoms with Gasteiger partial charge in [-0.25, -0.2) is 19.2 Å². The average Bonchev–Trinajstić information content (AvgIpc) is 2.92. The molecule has 0 aliphatic heterocycles. The Bertz CT molecular complexity index is 958. The number of aromatic nitrogens is 2. The van der Waals surface area contributed by atoms with E-state index in [2.05, 4.69) is 10.3 Å². The molecule has 0 unspecified atom stereocenters. The number of hydrogen-bond donors (Lipinski definition) is 3. The zero-order valence-corrected chi connectivity index (χ0v) is 14.4. The number of nitrogens with zero attached hydrogens (tertiary/aromatic N) is 2. The fourth-order valence-corrected chi connectivity index (χ4v) is 2.76. The van der Waals surface area contributed by atoms with Gasteiger partial charge in [-0.2, -0.15) is 0 Å². The standard InChI is InChI=1S/C15H11F2IN4O2/c1-22-6-19-14-11(22)5-8(15(23)21-24)13(12(14)17)20-10-3-2-7(18)4-9(10)16/h2-6,20,24H,1H3,(H,21,23). The number of hydroxylamine groups is 1. The van der Waals surface area contributed by atoms with Gasteiger partial charge in [0.2, 0.25) is 0 Å². The summed E-state index contributed by atoms with van der Waals surface area (Å²) >= 11 is 1.95. The highest BCUT2D eigenvalue weighted by molar-refractivity contribution is 14.1. The highest BCUT2D eigenvalue weighted by Gasteiger charge is 2.22. The summed E-state index contributed by atoms with van der Waals surface area (Å²) < 4.78 is 31.1.